The molecule has 1 aromatic heterocycles. The Morgan fingerprint density at radius 1 is 1.43 bits per heavy atom. The van der Waals surface area contributed by atoms with Crippen LogP contribution in [0.5, 0.6) is 5.75 Å². The van der Waals surface area contributed by atoms with Crippen molar-refractivity contribution >= 4 is 22.4 Å². The number of carbonyl (C=O) groups excluding carboxylic acids is 1. The molecule has 1 fully saturated rings. The lowest BCUT2D eigenvalue weighted by atomic mass is 10.2. The van der Waals surface area contributed by atoms with E-state index >= 15 is 0 Å². The number of carbonyl (C=O) groups is 1. The van der Waals surface area contributed by atoms with Crippen LogP contribution in [0.25, 0.3) is 0 Å². The minimum absolute atomic E-state index is 0.131. The van der Waals surface area contributed by atoms with Gasteiger partial charge in [-0.1, -0.05) is 12.1 Å². The van der Waals surface area contributed by atoms with Gasteiger partial charge in [-0.2, -0.15) is 0 Å². The van der Waals surface area contributed by atoms with E-state index in [1.165, 1.54) is 24.2 Å². The van der Waals surface area contributed by atoms with Gasteiger partial charge in [0.05, 0.1) is 24.5 Å². The van der Waals surface area contributed by atoms with E-state index in [4.69, 9.17) is 9.84 Å². The zero-order chi connectivity index (χ0) is 14.7. The third-order valence-corrected chi connectivity index (χ3v) is 4.04. The molecule has 0 bridgehead atoms. The highest BCUT2D eigenvalue weighted by Gasteiger charge is 2.23. The van der Waals surface area contributed by atoms with Crippen LogP contribution in [0.2, 0.25) is 0 Å². The van der Waals surface area contributed by atoms with Gasteiger partial charge in [-0.3, -0.25) is 10.1 Å². The van der Waals surface area contributed by atoms with E-state index in [0.29, 0.717) is 34.7 Å². The van der Waals surface area contributed by atoms with Crippen LogP contribution < -0.4 is 10.1 Å². The predicted molar refractivity (Wildman–Crippen MR) is 80.7 cm³/mol. The third kappa shape index (κ3) is 3.59. The summed E-state index contributed by atoms with van der Waals surface area (Å²) in [4.78, 5) is 16.4. The molecule has 5 nitrogen and oxygen atoms in total. The number of nitrogens with one attached hydrogen (secondary N) is 1. The van der Waals surface area contributed by atoms with E-state index in [9.17, 15) is 4.79 Å². The molecule has 1 aliphatic carbocycles. The Morgan fingerprint density at radius 2 is 2.24 bits per heavy atom. The minimum atomic E-state index is -0.250. The van der Waals surface area contributed by atoms with Gasteiger partial charge in [0.25, 0.3) is 5.91 Å². The normalized spacial score (nSPS) is 14.0. The number of hydrogen-bond donors (Lipinski definition) is 2. The molecule has 110 valence electrons. The van der Waals surface area contributed by atoms with Crippen molar-refractivity contribution in [2.45, 2.75) is 19.4 Å². The van der Waals surface area contributed by atoms with Gasteiger partial charge in [-0.15, -0.1) is 11.3 Å². The summed E-state index contributed by atoms with van der Waals surface area (Å²) in [6.07, 6.45) is 2.41. The number of nitrogens with zero attached hydrogens (tertiary/aromatic N) is 1. The van der Waals surface area contributed by atoms with Crippen molar-refractivity contribution in [1.82, 2.24) is 4.98 Å². The number of aliphatic hydroxyl groups is 1. The van der Waals surface area contributed by atoms with Gasteiger partial charge in [0, 0.05) is 5.38 Å². The number of aliphatic hydroxyl groups excluding tert-OH is 1. The molecule has 2 aromatic rings. The van der Waals surface area contributed by atoms with Crippen molar-refractivity contribution < 1.29 is 14.6 Å². The molecule has 1 aliphatic rings. The van der Waals surface area contributed by atoms with Crippen LogP contribution in [-0.4, -0.2) is 22.6 Å². The van der Waals surface area contributed by atoms with Crippen LogP contribution in [0, 0.1) is 5.92 Å². The molecular formula is C15H16N2O3S. The van der Waals surface area contributed by atoms with Gasteiger partial charge in [0.2, 0.25) is 0 Å². The van der Waals surface area contributed by atoms with Gasteiger partial charge >= 0.3 is 0 Å². The smallest absolute Gasteiger partial charge is 0.261 e. The van der Waals surface area contributed by atoms with Crippen molar-refractivity contribution in [1.29, 1.82) is 0 Å². The molecule has 0 unspecified atom stereocenters. The fourth-order valence-corrected chi connectivity index (χ4v) is 2.57. The molecule has 3 rings (SSSR count). The maximum Gasteiger partial charge on any atom is 0.261 e. The Bertz CT molecular complexity index is 637. The minimum Gasteiger partial charge on any atom is -0.492 e. The maximum absolute atomic E-state index is 12.3. The van der Waals surface area contributed by atoms with Crippen LogP contribution >= 0.6 is 11.3 Å². The van der Waals surface area contributed by atoms with E-state index in [-0.39, 0.29) is 12.5 Å². The molecule has 0 atom stereocenters. The first-order chi connectivity index (χ1) is 10.3. The average molecular weight is 304 g/mol. The lowest BCUT2D eigenvalue weighted by Crippen LogP contribution is -2.14. The van der Waals surface area contributed by atoms with Crippen LogP contribution in [0.1, 0.15) is 28.9 Å². The second-order valence-electron chi connectivity index (χ2n) is 5.01. The summed E-state index contributed by atoms with van der Waals surface area (Å²) < 4.78 is 5.73. The Kier molecular flexibility index (Phi) is 4.17. The highest BCUT2D eigenvalue weighted by molar-refractivity contribution is 7.13. The van der Waals surface area contributed by atoms with E-state index in [1.807, 2.05) is 6.07 Å². The van der Waals surface area contributed by atoms with Crippen molar-refractivity contribution in [2.75, 3.05) is 11.9 Å². The van der Waals surface area contributed by atoms with E-state index in [1.54, 1.807) is 23.6 Å². The molecule has 1 heterocycles. The number of aromatic nitrogens is 1. The van der Waals surface area contributed by atoms with E-state index in [0.717, 1.165) is 0 Å². The number of rotatable bonds is 6. The SMILES string of the molecule is O=C(Nc1nc(CO)cs1)c1ccccc1OCC1CC1. The van der Waals surface area contributed by atoms with E-state index in [2.05, 4.69) is 10.3 Å². The van der Waals surface area contributed by atoms with Gasteiger partial charge in [-0.05, 0) is 30.9 Å². The highest BCUT2D eigenvalue weighted by atomic mass is 32.1. The van der Waals surface area contributed by atoms with Crippen LogP contribution in [-0.2, 0) is 6.61 Å². The van der Waals surface area contributed by atoms with Crippen LogP contribution in [0.3, 0.4) is 0 Å². The zero-order valence-electron chi connectivity index (χ0n) is 11.4. The van der Waals surface area contributed by atoms with Gasteiger partial charge < -0.3 is 9.84 Å². The molecule has 0 radical (unpaired) electrons. The Morgan fingerprint density at radius 3 is 2.95 bits per heavy atom. The summed E-state index contributed by atoms with van der Waals surface area (Å²) >= 11 is 1.29. The lowest BCUT2D eigenvalue weighted by Gasteiger charge is -2.10. The summed E-state index contributed by atoms with van der Waals surface area (Å²) in [6, 6.07) is 7.20. The number of benzene rings is 1. The first-order valence-electron chi connectivity index (χ1n) is 6.84. The van der Waals surface area contributed by atoms with Gasteiger partial charge in [0.1, 0.15) is 5.75 Å². The number of thiazole rings is 1. The number of amides is 1. The van der Waals surface area contributed by atoms with Crippen molar-refractivity contribution in [3.05, 3.63) is 40.9 Å². The molecule has 0 aliphatic heterocycles. The molecule has 1 amide bonds. The Balaban J connectivity index is 1.70. The number of hydrogen-bond acceptors (Lipinski definition) is 5. The quantitative estimate of drug-likeness (QED) is 0.860. The summed E-state index contributed by atoms with van der Waals surface area (Å²) in [5, 5.41) is 13.9. The van der Waals surface area contributed by atoms with Crippen LogP contribution in [0.15, 0.2) is 29.6 Å². The fraction of sp³-hybridized carbons (Fsp3) is 0.333. The lowest BCUT2D eigenvalue weighted by molar-refractivity contribution is 0.102. The standard InChI is InChI=1S/C15H16N2O3S/c18-7-11-9-21-15(16-11)17-14(19)12-3-1-2-4-13(12)20-8-10-5-6-10/h1-4,9-10,18H,5-8H2,(H,16,17,19). The van der Waals surface area contributed by atoms with Gasteiger partial charge in [0.15, 0.2) is 5.13 Å². The summed E-state index contributed by atoms with van der Waals surface area (Å²) in [5.41, 5.74) is 1.05. The Hall–Kier alpha value is -1.92. The van der Waals surface area contributed by atoms with Crippen molar-refractivity contribution in [3.8, 4) is 5.75 Å². The summed E-state index contributed by atoms with van der Waals surface area (Å²) in [5.74, 6) is 0.980. The maximum atomic E-state index is 12.3. The fourth-order valence-electron chi connectivity index (χ4n) is 1.87. The summed E-state index contributed by atoms with van der Waals surface area (Å²) in [6.45, 7) is 0.531. The zero-order valence-corrected chi connectivity index (χ0v) is 12.2. The van der Waals surface area contributed by atoms with Crippen LogP contribution in [0.4, 0.5) is 5.13 Å². The third-order valence-electron chi connectivity index (χ3n) is 3.24. The molecule has 2 N–H and O–H groups in total. The molecule has 1 aromatic carbocycles. The second kappa shape index (κ2) is 6.24. The molecular weight excluding hydrogens is 288 g/mol. The van der Waals surface area contributed by atoms with Crippen molar-refractivity contribution in [3.63, 3.8) is 0 Å². The monoisotopic (exact) mass is 304 g/mol. The molecule has 0 spiro atoms. The number of ether oxygens (including phenoxy) is 1. The predicted octanol–water partition coefficient (Wildman–Crippen LogP) is 2.68. The first kappa shape index (κ1) is 14.0. The average Bonchev–Trinajstić information content (AvgIpc) is 3.23. The molecule has 21 heavy (non-hydrogen) atoms. The van der Waals surface area contributed by atoms with Crippen molar-refractivity contribution in [2.24, 2.45) is 5.92 Å². The Labute approximate surface area is 126 Å². The van der Waals surface area contributed by atoms with Gasteiger partial charge in [-0.25, -0.2) is 4.98 Å². The topological polar surface area (TPSA) is 71.5 Å². The molecule has 0 saturated heterocycles. The highest BCUT2D eigenvalue weighted by Crippen LogP contribution is 2.30. The molecule has 1 saturated carbocycles. The number of para-hydroxylation sites is 1. The molecule has 6 heteroatoms. The first-order valence-corrected chi connectivity index (χ1v) is 7.72. The number of anilines is 1. The second-order valence-corrected chi connectivity index (χ2v) is 5.86. The van der Waals surface area contributed by atoms with E-state index < -0.39 is 0 Å². The largest absolute Gasteiger partial charge is 0.492 e. The summed E-state index contributed by atoms with van der Waals surface area (Å²) in [7, 11) is 0.